The van der Waals surface area contributed by atoms with Gasteiger partial charge in [-0.15, -0.1) is 0 Å². The molecule has 2 fully saturated rings. The summed E-state index contributed by atoms with van der Waals surface area (Å²) in [7, 11) is -3.84. The number of amides is 1. The molecular formula is C21H32IN3O6S. The second-order valence-electron chi connectivity index (χ2n) is 8.86. The van der Waals surface area contributed by atoms with Crippen LogP contribution in [0.15, 0.2) is 29.2 Å². The number of anilines is 1. The van der Waals surface area contributed by atoms with Crippen molar-refractivity contribution in [3.05, 3.63) is 24.3 Å². The molecule has 1 aromatic rings. The van der Waals surface area contributed by atoms with Crippen LogP contribution in [0.3, 0.4) is 0 Å². The summed E-state index contributed by atoms with van der Waals surface area (Å²) in [4.78, 5) is 12.4. The average Bonchev–Trinajstić information content (AvgIpc) is 3.28. The Kier molecular flexibility index (Phi) is 8.64. The predicted octanol–water partition coefficient (Wildman–Crippen LogP) is 2.33. The number of aliphatic hydroxyl groups is 1. The van der Waals surface area contributed by atoms with Gasteiger partial charge < -0.3 is 25.6 Å². The molecule has 11 heteroatoms. The molecule has 0 radical (unpaired) electrons. The predicted molar refractivity (Wildman–Crippen MR) is 129 cm³/mol. The third-order valence-corrected chi connectivity index (χ3v) is 8.74. The van der Waals surface area contributed by atoms with Gasteiger partial charge in [0, 0.05) is 31.8 Å². The van der Waals surface area contributed by atoms with Gasteiger partial charge in [-0.3, -0.25) is 0 Å². The first-order valence-corrected chi connectivity index (χ1v) is 13.5. The van der Waals surface area contributed by atoms with E-state index < -0.39 is 26.3 Å². The number of alkyl halides is 1. The zero-order valence-corrected chi connectivity index (χ0v) is 21.3. The van der Waals surface area contributed by atoms with Gasteiger partial charge in [0.25, 0.3) is 0 Å². The zero-order valence-electron chi connectivity index (χ0n) is 18.3. The second-order valence-corrected chi connectivity index (χ2v) is 12.1. The smallest absolute Gasteiger partial charge is 0.408 e. The van der Waals surface area contributed by atoms with Crippen molar-refractivity contribution in [2.24, 2.45) is 11.8 Å². The van der Waals surface area contributed by atoms with Crippen molar-refractivity contribution < 1.29 is 27.8 Å². The molecule has 1 aromatic carbocycles. The van der Waals surface area contributed by atoms with Crippen LogP contribution in [0.4, 0.5) is 10.5 Å². The first-order valence-electron chi connectivity index (χ1n) is 10.8. The molecular weight excluding hydrogens is 549 g/mol. The van der Waals surface area contributed by atoms with Crippen LogP contribution < -0.4 is 11.1 Å². The first-order chi connectivity index (χ1) is 15.1. The number of carbonyl (C=O) groups excluding carboxylic acids is 1. The van der Waals surface area contributed by atoms with Gasteiger partial charge in [-0.2, -0.15) is 4.31 Å². The number of hydrogen-bond acceptors (Lipinski definition) is 7. The Balaban J connectivity index is 1.58. The highest BCUT2D eigenvalue weighted by molar-refractivity contribution is 14.1. The van der Waals surface area contributed by atoms with E-state index >= 15 is 0 Å². The lowest BCUT2D eigenvalue weighted by molar-refractivity contribution is 0.0619. The van der Waals surface area contributed by atoms with Crippen molar-refractivity contribution in [3.8, 4) is 0 Å². The molecule has 5 atom stereocenters. The fraction of sp³-hybridized carbons (Fsp3) is 0.667. The van der Waals surface area contributed by atoms with E-state index in [-0.39, 0.29) is 36.1 Å². The number of benzene rings is 1. The van der Waals surface area contributed by atoms with Crippen molar-refractivity contribution in [3.63, 3.8) is 0 Å². The minimum absolute atomic E-state index is 0.0420. The maximum absolute atomic E-state index is 13.1. The number of fused-ring (bicyclic) bond motifs is 1. The zero-order chi connectivity index (χ0) is 23.5. The number of halogens is 1. The normalized spacial score (nSPS) is 25.0. The number of rotatable bonds is 9. The van der Waals surface area contributed by atoms with Crippen LogP contribution >= 0.6 is 22.6 Å². The van der Waals surface area contributed by atoms with E-state index in [0.29, 0.717) is 18.0 Å². The summed E-state index contributed by atoms with van der Waals surface area (Å²) in [6, 6.07) is 5.94. The van der Waals surface area contributed by atoms with Gasteiger partial charge in [0.1, 0.15) is 10.2 Å². The number of ether oxygens (including phenoxy) is 2. The molecule has 0 bridgehead atoms. The van der Waals surface area contributed by atoms with Gasteiger partial charge in [0.05, 0.1) is 17.1 Å². The molecule has 1 saturated carbocycles. The molecule has 1 saturated heterocycles. The highest BCUT2D eigenvalue weighted by Gasteiger charge is 2.40. The number of nitrogens with one attached hydrogen (secondary N) is 1. The lowest BCUT2D eigenvalue weighted by atomic mass is 10.1. The minimum Gasteiger partial charge on any atom is -0.446 e. The Labute approximate surface area is 203 Å². The molecule has 3 rings (SSSR count). The Morgan fingerprint density at radius 3 is 2.62 bits per heavy atom. The summed E-state index contributed by atoms with van der Waals surface area (Å²) in [6.07, 6.45) is 0.685. The molecule has 0 aromatic heterocycles. The van der Waals surface area contributed by atoms with Crippen LogP contribution in [0, 0.1) is 11.8 Å². The largest absolute Gasteiger partial charge is 0.446 e. The fourth-order valence-electron chi connectivity index (χ4n) is 4.17. The van der Waals surface area contributed by atoms with E-state index in [0.717, 1.165) is 19.4 Å². The van der Waals surface area contributed by atoms with Gasteiger partial charge >= 0.3 is 6.09 Å². The molecule has 2 aliphatic rings. The lowest BCUT2D eigenvalue weighted by Crippen LogP contribution is -2.47. The summed E-state index contributed by atoms with van der Waals surface area (Å²) >= 11 is 1.89. The van der Waals surface area contributed by atoms with E-state index in [2.05, 4.69) is 5.32 Å². The molecule has 0 spiro atoms. The second kappa shape index (κ2) is 10.9. The summed E-state index contributed by atoms with van der Waals surface area (Å²) in [5, 5.41) is 13.3. The Hall–Kier alpha value is -1.15. The third kappa shape index (κ3) is 6.46. The molecule has 180 valence electrons. The Morgan fingerprint density at radius 1 is 1.31 bits per heavy atom. The Bertz CT molecular complexity index is 870. The monoisotopic (exact) mass is 581 g/mol. The number of alkyl carbamates (subject to hydrolysis) is 1. The molecule has 32 heavy (non-hydrogen) atoms. The number of nitrogens with two attached hydrogens (primary N) is 1. The van der Waals surface area contributed by atoms with Crippen LogP contribution in [0.25, 0.3) is 0 Å². The van der Waals surface area contributed by atoms with Crippen molar-refractivity contribution in [1.82, 2.24) is 9.62 Å². The van der Waals surface area contributed by atoms with Gasteiger partial charge in [-0.05, 0) is 48.9 Å². The fourth-order valence-corrected chi connectivity index (χ4v) is 6.28. The molecule has 1 amide bonds. The van der Waals surface area contributed by atoms with Crippen molar-refractivity contribution in [2.75, 3.05) is 25.4 Å². The number of aliphatic hydroxyl groups excluding tert-OH is 1. The van der Waals surface area contributed by atoms with Crippen LogP contribution in [0.2, 0.25) is 0 Å². The van der Waals surface area contributed by atoms with Crippen LogP contribution in [0.5, 0.6) is 0 Å². The maximum atomic E-state index is 13.1. The first kappa shape index (κ1) is 25.5. The quantitative estimate of drug-likeness (QED) is 0.177. The molecule has 2 unspecified atom stereocenters. The van der Waals surface area contributed by atoms with E-state index in [1.807, 2.05) is 36.4 Å². The van der Waals surface area contributed by atoms with Crippen LogP contribution in [-0.4, -0.2) is 66.0 Å². The third-order valence-electron chi connectivity index (χ3n) is 5.75. The van der Waals surface area contributed by atoms with Gasteiger partial charge in [0.15, 0.2) is 0 Å². The molecule has 9 nitrogen and oxygen atoms in total. The van der Waals surface area contributed by atoms with Crippen molar-refractivity contribution in [2.45, 2.75) is 60.4 Å². The number of carbonyl (C=O) groups is 1. The minimum atomic E-state index is -3.84. The summed E-state index contributed by atoms with van der Waals surface area (Å²) in [6.45, 7) is 4.62. The number of nitrogens with zero attached hydrogens (tertiary/aromatic N) is 1. The SMILES string of the molecule is CC(C)CN(CC(O)C(I)NC(=O)O[C@@H]1C[C@@H]2CCO[C@@H]2C1)S(=O)(=O)c1ccc(N)cc1. The van der Waals surface area contributed by atoms with E-state index in [4.69, 9.17) is 15.2 Å². The summed E-state index contributed by atoms with van der Waals surface area (Å²) in [5.74, 6) is 0.484. The average molecular weight is 581 g/mol. The topological polar surface area (TPSA) is 131 Å². The Morgan fingerprint density at radius 2 is 2.00 bits per heavy atom. The molecule has 1 aliphatic heterocycles. The van der Waals surface area contributed by atoms with Crippen molar-refractivity contribution >= 4 is 44.4 Å². The molecule has 4 N–H and O–H groups in total. The van der Waals surface area contributed by atoms with E-state index in [9.17, 15) is 18.3 Å². The number of sulfonamides is 1. The highest BCUT2D eigenvalue weighted by Crippen LogP contribution is 2.37. The summed E-state index contributed by atoms with van der Waals surface area (Å²) in [5.41, 5.74) is 6.13. The number of hydrogen-bond donors (Lipinski definition) is 3. The highest BCUT2D eigenvalue weighted by atomic mass is 127. The van der Waals surface area contributed by atoms with Crippen molar-refractivity contribution in [1.29, 1.82) is 0 Å². The van der Waals surface area contributed by atoms with Gasteiger partial charge in [-0.25, -0.2) is 13.2 Å². The number of nitrogen functional groups attached to an aromatic ring is 1. The lowest BCUT2D eigenvalue weighted by Gasteiger charge is -2.28. The van der Waals surface area contributed by atoms with Gasteiger partial charge in [-0.1, -0.05) is 36.4 Å². The van der Waals surface area contributed by atoms with Crippen LogP contribution in [0.1, 0.15) is 33.1 Å². The molecule has 1 aliphatic carbocycles. The summed E-state index contributed by atoms with van der Waals surface area (Å²) < 4.78 is 37.9. The van der Waals surface area contributed by atoms with E-state index in [1.54, 1.807) is 0 Å². The van der Waals surface area contributed by atoms with E-state index in [1.165, 1.54) is 28.6 Å². The van der Waals surface area contributed by atoms with Gasteiger partial charge in [0.2, 0.25) is 10.0 Å². The molecule has 1 heterocycles. The standard InChI is InChI=1S/C21H32IN3O6S/c1-13(2)11-25(32(28,29)17-5-3-15(23)4-6-17)12-18(26)20(22)24-21(27)31-16-9-14-7-8-30-19(14)10-16/h3-6,13-14,16,18-20,26H,7-12,23H2,1-2H3,(H,24,27)/t14-,16+,18?,19+,20?/m0/s1. The van der Waals surface area contributed by atoms with Crippen LogP contribution in [-0.2, 0) is 19.5 Å². The maximum Gasteiger partial charge on any atom is 0.408 e.